The summed E-state index contributed by atoms with van der Waals surface area (Å²) in [4.78, 5) is 0. The summed E-state index contributed by atoms with van der Waals surface area (Å²) in [5.74, 6) is 0. The van der Waals surface area contributed by atoms with Gasteiger partial charge in [-0.25, -0.2) is 0 Å². The lowest BCUT2D eigenvalue weighted by atomic mass is 10.5. The Hall–Kier alpha value is 0.620. The Morgan fingerprint density at radius 1 is 1.08 bits per heavy atom. The van der Waals surface area contributed by atoms with Crippen LogP contribution in [0.1, 0.15) is 13.8 Å². The number of rotatable bonds is 1. The molecule has 1 nitrogen and oxygen atoms in total. The SMILES string of the molecule is CC(C)O.FC(F)(Cl)C(F)(Cl)Cl. The van der Waals surface area contributed by atoms with Gasteiger partial charge >= 0.3 is 9.97 Å². The van der Waals surface area contributed by atoms with Crippen LogP contribution in [-0.2, 0) is 0 Å². The van der Waals surface area contributed by atoms with E-state index in [4.69, 9.17) is 5.11 Å². The van der Waals surface area contributed by atoms with Gasteiger partial charge in [-0.3, -0.25) is 0 Å². The molecule has 12 heavy (non-hydrogen) atoms. The van der Waals surface area contributed by atoms with Gasteiger partial charge in [0, 0.05) is 6.10 Å². The topological polar surface area (TPSA) is 20.2 Å². The third-order valence-corrected chi connectivity index (χ3v) is 1.25. The van der Waals surface area contributed by atoms with Crippen molar-refractivity contribution in [2.45, 2.75) is 29.9 Å². The second-order valence-electron chi connectivity index (χ2n) is 2.09. The molecule has 0 radical (unpaired) electrons. The first kappa shape index (κ1) is 15.1. The summed E-state index contributed by atoms with van der Waals surface area (Å²) in [6, 6.07) is 0. The van der Waals surface area contributed by atoms with E-state index in [1.807, 2.05) is 0 Å². The molecule has 0 saturated heterocycles. The number of hydrogen-bond donors (Lipinski definition) is 1. The second kappa shape index (κ2) is 5.37. The summed E-state index contributed by atoms with van der Waals surface area (Å²) in [5.41, 5.74) is 0. The maximum absolute atomic E-state index is 11.5. The highest BCUT2D eigenvalue weighted by molar-refractivity contribution is 6.51. The molecule has 0 bridgehead atoms. The van der Waals surface area contributed by atoms with Crippen LogP contribution in [0.25, 0.3) is 0 Å². The Labute approximate surface area is 83.4 Å². The Morgan fingerprint density at radius 3 is 1.17 bits per heavy atom. The Morgan fingerprint density at radius 2 is 1.17 bits per heavy atom. The molecule has 0 heterocycles. The number of hydrogen-bond acceptors (Lipinski definition) is 1. The van der Waals surface area contributed by atoms with Crippen LogP contribution in [0.2, 0.25) is 0 Å². The molecule has 0 aromatic rings. The van der Waals surface area contributed by atoms with Gasteiger partial charge in [-0.05, 0) is 25.4 Å². The Bertz CT molecular complexity index is 103. The normalized spacial score (nSPS) is 12.5. The zero-order valence-corrected chi connectivity index (χ0v) is 8.56. The van der Waals surface area contributed by atoms with Crippen LogP contribution in [0.5, 0.6) is 0 Å². The van der Waals surface area contributed by atoms with Gasteiger partial charge in [0.1, 0.15) is 0 Å². The van der Waals surface area contributed by atoms with Crippen LogP contribution in [0, 0.1) is 0 Å². The highest BCUT2D eigenvalue weighted by Crippen LogP contribution is 2.42. The number of halogens is 6. The molecule has 76 valence electrons. The molecule has 0 fully saturated rings. The molecule has 1 N–H and O–H groups in total. The van der Waals surface area contributed by atoms with E-state index in [-0.39, 0.29) is 6.10 Å². The third kappa shape index (κ3) is 10.6. The average molecular weight is 247 g/mol. The quantitative estimate of drug-likeness (QED) is 0.705. The van der Waals surface area contributed by atoms with Gasteiger partial charge in [0.25, 0.3) is 0 Å². The Kier molecular flexibility index (Phi) is 6.76. The zero-order valence-electron chi connectivity index (χ0n) is 6.29. The maximum atomic E-state index is 11.5. The van der Waals surface area contributed by atoms with Gasteiger partial charge in [-0.2, -0.15) is 13.2 Å². The summed E-state index contributed by atoms with van der Waals surface area (Å²) in [6.45, 7) is 3.44. The third-order valence-electron chi connectivity index (χ3n) is 0.321. The number of aliphatic hydroxyl groups excluding tert-OH is 1. The lowest BCUT2D eigenvalue weighted by molar-refractivity contribution is 0.0241. The average Bonchev–Trinajstić information content (AvgIpc) is 1.55. The summed E-state index contributed by atoms with van der Waals surface area (Å²) in [5, 5.41) is 3.83. The van der Waals surface area contributed by atoms with Crippen molar-refractivity contribution in [2.75, 3.05) is 0 Å². The summed E-state index contributed by atoms with van der Waals surface area (Å²) in [6.07, 6.45) is -0.167. The highest BCUT2D eigenvalue weighted by Gasteiger charge is 2.51. The number of alkyl halides is 6. The van der Waals surface area contributed by atoms with Crippen molar-refractivity contribution in [1.82, 2.24) is 0 Å². The molecule has 0 amide bonds. The minimum Gasteiger partial charge on any atom is -0.394 e. The van der Waals surface area contributed by atoms with Crippen molar-refractivity contribution in [1.29, 1.82) is 0 Å². The van der Waals surface area contributed by atoms with Gasteiger partial charge in [0.05, 0.1) is 0 Å². The first-order chi connectivity index (χ1) is 4.98. The molecular formula is C5H8Cl3F3O. The minimum absolute atomic E-state index is 0.167. The zero-order chi connectivity index (χ0) is 10.6. The highest BCUT2D eigenvalue weighted by atomic mass is 35.5. The predicted octanol–water partition coefficient (Wildman–Crippen LogP) is 3.31. The van der Waals surface area contributed by atoms with E-state index in [1.54, 1.807) is 13.8 Å². The fourth-order valence-corrected chi connectivity index (χ4v) is 0. The molecule has 0 spiro atoms. The van der Waals surface area contributed by atoms with Crippen molar-refractivity contribution in [3.63, 3.8) is 0 Å². The van der Waals surface area contributed by atoms with Crippen molar-refractivity contribution < 1.29 is 18.3 Å². The number of aliphatic hydroxyl groups is 1. The first-order valence-electron chi connectivity index (χ1n) is 2.80. The second-order valence-corrected chi connectivity index (χ2v) is 3.80. The van der Waals surface area contributed by atoms with Crippen molar-refractivity contribution >= 4 is 34.8 Å². The molecule has 0 aromatic carbocycles. The summed E-state index contributed by atoms with van der Waals surface area (Å²) < 4.78 is 30.6. The van der Waals surface area contributed by atoms with E-state index in [1.165, 1.54) is 0 Å². The Balaban J connectivity index is 0. The van der Waals surface area contributed by atoms with Crippen molar-refractivity contribution in [2.24, 2.45) is 0 Å². The van der Waals surface area contributed by atoms with Gasteiger partial charge in [0.2, 0.25) is 0 Å². The molecule has 0 saturated carbocycles. The fraction of sp³-hybridized carbons (Fsp3) is 1.00. The molecule has 0 rings (SSSR count). The van der Waals surface area contributed by atoms with Crippen molar-refractivity contribution in [3.05, 3.63) is 0 Å². The minimum atomic E-state index is -4.23. The molecule has 0 aliphatic heterocycles. The van der Waals surface area contributed by atoms with E-state index in [9.17, 15) is 13.2 Å². The molecule has 0 unspecified atom stereocenters. The maximum Gasteiger partial charge on any atom is 0.383 e. The van der Waals surface area contributed by atoms with Crippen LogP contribution in [0.4, 0.5) is 13.2 Å². The van der Waals surface area contributed by atoms with Crippen LogP contribution in [-0.4, -0.2) is 21.2 Å². The van der Waals surface area contributed by atoms with Crippen LogP contribution in [0.3, 0.4) is 0 Å². The van der Waals surface area contributed by atoms with Crippen molar-refractivity contribution in [3.8, 4) is 0 Å². The first-order valence-corrected chi connectivity index (χ1v) is 3.93. The van der Waals surface area contributed by atoms with E-state index < -0.39 is 9.97 Å². The van der Waals surface area contributed by atoms with Crippen LogP contribution in [0.15, 0.2) is 0 Å². The lowest BCUT2D eigenvalue weighted by Crippen LogP contribution is -2.27. The monoisotopic (exact) mass is 246 g/mol. The fourth-order valence-electron chi connectivity index (χ4n) is 0. The van der Waals surface area contributed by atoms with Gasteiger partial charge < -0.3 is 5.11 Å². The molecule has 7 heteroatoms. The molecule has 0 aromatic heterocycles. The standard InChI is InChI=1S/C3H8O.C2Cl3F3/c1-3(2)4;3-1(4,6)2(5,7)8/h3-4H,1-2H3;. The largest absolute Gasteiger partial charge is 0.394 e. The lowest BCUT2D eigenvalue weighted by Gasteiger charge is -2.13. The van der Waals surface area contributed by atoms with E-state index >= 15 is 0 Å². The molecule has 0 atom stereocenters. The predicted molar refractivity (Wildman–Crippen MR) is 43.7 cm³/mol. The summed E-state index contributed by atoms with van der Waals surface area (Å²) >= 11 is 12.5. The smallest absolute Gasteiger partial charge is 0.383 e. The van der Waals surface area contributed by atoms with E-state index in [0.717, 1.165) is 0 Å². The molecule has 0 aliphatic carbocycles. The van der Waals surface area contributed by atoms with Gasteiger partial charge in [0.15, 0.2) is 0 Å². The van der Waals surface area contributed by atoms with Crippen LogP contribution < -0.4 is 0 Å². The molecule has 0 aliphatic rings. The van der Waals surface area contributed by atoms with E-state index in [0.29, 0.717) is 0 Å². The van der Waals surface area contributed by atoms with Crippen LogP contribution >= 0.6 is 34.8 Å². The molecular weight excluding hydrogens is 239 g/mol. The van der Waals surface area contributed by atoms with Gasteiger partial charge in [-0.15, -0.1) is 0 Å². The summed E-state index contributed by atoms with van der Waals surface area (Å²) in [7, 11) is 0. The van der Waals surface area contributed by atoms with E-state index in [2.05, 4.69) is 34.8 Å². The van der Waals surface area contributed by atoms with Gasteiger partial charge in [-0.1, -0.05) is 23.2 Å².